The van der Waals surface area contributed by atoms with Crippen molar-refractivity contribution in [2.75, 3.05) is 17.4 Å². The van der Waals surface area contributed by atoms with Crippen molar-refractivity contribution in [3.63, 3.8) is 0 Å². The largest absolute Gasteiger partial charge is 0.388 e. The summed E-state index contributed by atoms with van der Waals surface area (Å²) in [5, 5.41) is 25.2. The second-order valence-corrected chi connectivity index (χ2v) is 13.7. The van der Waals surface area contributed by atoms with Gasteiger partial charge in [-0.3, -0.25) is 13.7 Å². The molecule has 3 unspecified atom stereocenters. The van der Waals surface area contributed by atoms with E-state index in [0.717, 1.165) is 10.9 Å². The molecule has 17 heteroatoms. The number of ether oxygens (including phenoxy) is 1. The van der Waals surface area contributed by atoms with Gasteiger partial charge >= 0.3 is 7.60 Å². The number of aliphatic hydroxyl groups is 2. The third-order valence-electron chi connectivity index (χ3n) is 5.99. The number of nitrogens with one attached hydrogen (secondary N) is 2. The molecule has 0 radical (unpaired) electrons. The first-order valence-electron chi connectivity index (χ1n) is 11.0. The summed E-state index contributed by atoms with van der Waals surface area (Å²) in [6.45, 7) is 0. The summed E-state index contributed by atoms with van der Waals surface area (Å²) in [7, 11) is -8.90. The molecule has 4 aromatic rings. The molecule has 0 saturated carbocycles. The van der Waals surface area contributed by atoms with E-state index >= 15 is 0 Å². The SMILES string of the molecule is O=P(O)(O)CP(=O)(O)CC[C@H]1O[C@@H](n2cnc3c(Nc4ccc5[nH]ccc5c4)nc(Cl)nc32)C(O)C1O. The predicted molar refractivity (Wildman–Crippen MR) is 134 cm³/mol. The Balaban J connectivity index is 1.38. The molecule has 5 atom stereocenters. The maximum atomic E-state index is 12.1. The van der Waals surface area contributed by atoms with Crippen LogP contribution in [0.3, 0.4) is 0 Å². The van der Waals surface area contributed by atoms with Crippen molar-refractivity contribution in [1.82, 2.24) is 24.5 Å². The van der Waals surface area contributed by atoms with Crippen molar-refractivity contribution < 1.29 is 38.8 Å². The van der Waals surface area contributed by atoms with Gasteiger partial charge < -0.3 is 39.9 Å². The molecule has 14 nitrogen and oxygen atoms in total. The van der Waals surface area contributed by atoms with Gasteiger partial charge in [-0.1, -0.05) is 0 Å². The van der Waals surface area contributed by atoms with Crippen molar-refractivity contribution >= 4 is 60.1 Å². The fourth-order valence-corrected chi connectivity index (χ4v) is 8.01. The standard InChI is InChI=1S/C20H23ClN6O8P2/c21-20-25-17(24-11-1-2-12-10(7-11)3-5-22-12)14-18(26-20)27(8-23-14)19-16(29)15(28)13(35-19)4-6-36(30,31)9-37(32,33)34/h1-3,5,7-8,13,15-16,19,22,28-29H,4,6,9H2,(H,30,31)(H,24,25,26)(H2,32,33,34)/t13-,15?,16?,19-/m1/s1. The van der Waals surface area contributed by atoms with Gasteiger partial charge in [0.1, 0.15) is 18.1 Å². The number of H-pyrrole nitrogens is 1. The van der Waals surface area contributed by atoms with Gasteiger partial charge in [0.05, 0.1) is 12.4 Å². The molecule has 0 amide bonds. The van der Waals surface area contributed by atoms with Crippen LogP contribution in [0, 0.1) is 0 Å². The van der Waals surface area contributed by atoms with Crippen LogP contribution in [0.25, 0.3) is 22.1 Å². The number of benzene rings is 1. The Kier molecular flexibility index (Phi) is 6.90. The van der Waals surface area contributed by atoms with Crippen LogP contribution in [0.15, 0.2) is 36.8 Å². The van der Waals surface area contributed by atoms with Crippen molar-refractivity contribution in [3.8, 4) is 0 Å². The first-order chi connectivity index (χ1) is 17.4. The van der Waals surface area contributed by atoms with Crippen molar-refractivity contribution in [1.29, 1.82) is 0 Å². The number of aromatic amines is 1. The zero-order valence-corrected chi connectivity index (χ0v) is 21.5. The normalized spacial score (nSPS) is 24.1. The number of hydrogen-bond acceptors (Lipinski definition) is 9. The first-order valence-corrected chi connectivity index (χ1v) is 15.2. The van der Waals surface area contributed by atoms with E-state index in [1.165, 1.54) is 10.9 Å². The fraction of sp³-hybridized carbons (Fsp3) is 0.350. The molecule has 4 heterocycles. The van der Waals surface area contributed by atoms with E-state index in [4.69, 9.17) is 26.1 Å². The maximum Gasteiger partial charge on any atom is 0.335 e. The molecule has 37 heavy (non-hydrogen) atoms. The van der Waals surface area contributed by atoms with Gasteiger partial charge in [0.25, 0.3) is 0 Å². The van der Waals surface area contributed by atoms with Gasteiger partial charge in [0, 0.05) is 28.9 Å². The molecule has 3 aromatic heterocycles. The first kappa shape index (κ1) is 26.2. The van der Waals surface area contributed by atoms with Gasteiger partial charge in [-0.15, -0.1) is 0 Å². The zero-order chi connectivity index (χ0) is 26.5. The molecule has 0 bridgehead atoms. The highest BCUT2D eigenvalue weighted by Gasteiger charge is 2.45. The van der Waals surface area contributed by atoms with Crippen LogP contribution in [0.2, 0.25) is 5.28 Å². The van der Waals surface area contributed by atoms with E-state index < -0.39 is 51.6 Å². The second-order valence-electron chi connectivity index (χ2n) is 8.78. The molecule has 1 aliphatic rings. The summed E-state index contributed by atoms with van der Waals surface area (Å²) in [5.74, 6) is -0.879. The minimum absolute atomic E-state index is 0.109. The van der Waals surface area contributed by atoms with Gasteiger partial charge in [-0.25, -0.2) is 4.98 Å². The Morgan fingerprint density at radius 3 is 2.68 bits per heavy atom. The minimum Gasteiger partial charge on any atom is -0.388 e. The number of aromatic nitrogens is 5. The molecule has 1 aliphatic heterocycles. The van der Waals surface area contributed by atoms with E-state index in [0.29, 0.717) is 17.0 Å². The van der Waals surface area contributed by atoms with E-state index in [1.807, 2.05) is 30.5 Å². The maximum absolute atomic E-state index is 12.1. The Bertz CT molecular complexity index is 1560. The quantitative estimate of drug-likeness (QED) is 0.119. The van der Waals surface area contributed by atoms with Crippen LogP contribution < -0.4 is 5.32 Å². The number of hydrogen-bond donors (Lipinski definition) is 7. The van der Waals surface area contributed by atoms with Crippen LogP contribution in [-0.4, -0.2) is 79.8 Å². The molecule has 5 rings (SSSR count). The lowest BCUT2D eigenvalue weighted by atomic mass is 10.1. The number of aliphatic hydroxyl groups excluding tert-OH is 2. The molecule has 7 N–H and O–H groups in total. The van der Waals surface area contributed by atoms with Gasteiger partial charge in [-0.2, -0.15) is 9.97 Å². The number of fused-ring (bicyclic) bond motifs is 2. The van der Waals surface area contributed by atoms with E-state index in [-0.39, 0.29) is 17.4 Å². The van der Waals surface area contributed by atoms with E-state index in [2.05, 4.69) is 25.3 Å². The molecule has 0 aliphatic carbocycles. The lowest BCUT2D eigenvalue weighted by molar-refractivity contribution is -0.0354. The number of nitrogens with zero attached hydrogens (tertiary/aromatic N) is 4. The summed E-state index contributed by atoms with van der Waals surface area (Å²) in [5.41, 5.74) is 2.19. The summed E-state index contributed by atoms with van der Waals surface area (Å²) < 4.78 is 30.4. The molecule has 1 aromatic carbocycles. The van der Waals surface area contributed by atoms with Crippen LogP contribution >= 0.6 is 26.6 Å². The molecule has 0 spiro atoms. The summed E-state index contributed by atoms with van der Waals surface area (Å²) in [4.78, 5) is 43.8. The number of halogens is 1. The number of rotatable bonds is 8. The highest BCUT2D eigenvalue weighted by atomic mass is 35.5. The molecular formula is C20H23ClN6O8P2. The average molecular weight is 573 g/mol. The molecule has 198 valence electrons. The second kappa shape index (κ2) is 9.73. The highest BCUT2D eigenvalue weighted by molar-refractivity contribution is 7.72. The highest BCUT2D eigenvalue weighted by Crippen LogP contribution is 2.55. The third-order valence-corrected chi connectivity index (χ3v) is 10.4. The van der Waals surface area contributed by atoms with Crippen molar-refractivity contribution in [2.45, 2.75) is 31.0 Å². The van der Waals surface area contributed by atoms with Crippen molar-refractivity contribution in [2.24, 2.45) is 0 Å². The lowest BCUT2D eigenvalue weighted by Crippen LogP contribution is -2.32. The Morgan fingerprint density at radius 2 is 1.92 bits per heavy atom. The molecule has 1 fully saturated rings. The fourth-order valence-electron chi connectivity index (χ4n) is 4.32. The summed E-state index contributed by atoms with van der Waals surface area (Å²) >= 11 is 6.17. The van der Waals surface area contributed by atoms with Gasteiger partial charge in [0.2, 0.25) is 12.7 Å². The zero-order valence-electron chi connectivity index (χ0n) is 18.9. The Hall–Kier alpha value is -2.38. The van der Waals surface area contributed by atoms with Gasteiger partial charge in [-0.05, 0) is 42.3 Å². The van der Waals surface area contributed by atoms with Crippen LogP contribution in [0.4, 0.5) is 11.5 Å². The molecular weight excluding hydrogens is 550 g/mol. The van der Waals surface area contributed by atoms with E-state index in [9.17, 15) is 24.2 Å². The predicted octanol–water partition coefficient (Wildman–Crippen LogP) is 2.12. The topological polar surface area (TPSA) is 216 Å². The molecule has 1 saturated heterocycles. The lowest BCUT2D eigenvalue weighted by Gasteiger charge is -2.18. The summed E-state index contributed by atoms with van der Waals surface area (Å²) in [6, 6.07) is 7.56. The van der Waals surface area contributed by atoms with E-state index in [1.54, 1.807) is 0 Å². The monoisotopic (exact) mass is 572 g/mol. The number of imidazole rings is 1. The number of anilines is 2. The third kappa shape index (κ3) is 5.58. The Labute approximate surface area is 213 Å². The minimum atomic E-state index is -4.71. The van der Waals surface area contributed by atoms with Crippen molar-refractivity contribution in [3.05, 3.63) is 42.1 Å². The average Bonchev–Trinajstić information content (AvgIpc) is 3.49. The summed E-state index contributed by atoms with van der Waals surface area (Å²) in [6.07, 6.45) is -2.73. The smallest absolute Gasteiger partial charge is 0.335 e. The van der Waals surface area contributed by atoms with Crippen LogP contribution in [0.5, 0.6) is 0 Å². The van der Waals surface area contributed by atoms with Crippen LogP contribution in [-0.2, 0) is 13.9 Å². The van der Waals surface area contributed by atoms with Gasteiger partial charge in [0.15, 0.2) is 23.2 Å². The Morgan fingerprint density at radius 1 is 1.14 bits per heavy atom. The van der Waals surface area contributed by atoms with Crippen LogP contribution in [0.1, 0.15) is 12.6 Å².